The third-order valence-electron chi connectivity index (χ3n) is 4.60. The standard InChI is InChI=1S/C16H23N5O2/c1-10(2)15-17-13(19-22-15)9-21-7-3-4-12(8-21)14-18-16(23-20-14)11-5-6-11/h10-12H,3-9H2,1-2H3/t12-/m1/s1. The summed E-state index contributed by atoms with van der Waals surface area (Å²) in [5, 5.41) is 8.29. The van der Waals surface area contributed by atoms with Crippen molar-refractivity contribution in [3.8, 4) is 0 Å². The fourth-order valence-corrected chi connectivity index (χ4v) is 3.09. The maximum atomic E-state index is 5.41. The molecule has 0 aromatic carbocycles. The van der Waals surface area contributed by atoms with Gasteiger partial charge in [0.2, 0.25) is 11.8 Å². The van der Waals surface area contributed by atoms with Crippen molar-refractivity contribution in [3.05, 3.63) is 23.4 Å². The van der Waals surface area contributed by atoms with Crippen LogP contribution < -0.4 is 0 Å². The van der Waals surface area contributed by atoms with E-state index < -0.39 is 0 Å². The number of piperidine rings is 1. The zero-order valence-electron chi connectivity index (χ0n) is 13.7. The minimum Gasteiger partial charge on any atom is -0.339 e. The fraction of sp³-hybridized carbons (Fsp3) is 0.750. The third-order valence-corrected chi connectivity index (χ3v) is 4.60. The monoisotopic (exact) mass is 317 g/mol. The maximum absolute atomic E-state index is 5.41. The molecule has 2 aromatic rings. The largest absolute Gasteiger partial charge is 0.339 e. The van der Waals surface area contributed by atoms with Crippen molar-refractivity contribution in [1.82, 2.24) is 25.2 Å². The molecular weight excluding hydrogens is 294 g/mol. The van der Waals surface area contributed by atoms with Gasteiger partial charge in [-0.25, -0.2) is 0 Å². The van der Waals surface area contributed by atoms with Crippen LogP contribution in [0.4, 0.5) is 0 Å². The molecular formula is C16H23N5O2. The Morgan fingerprint density at radius 2 is 1.96 bits per heavy atom. The van der Waals surface area contributed by atoms with Crippen molar-refractivity contribution in [3.63, 3.8) is 0 Å². The predicted octanol–water partition coefficient (Wildman–Crippen LogP) is 2.83. The van der Waals surface area contributed by atoms with Crippen molar-refractivity contribution in [2.75, 3.05) is 13.1 Å². The number of nitrogens with zero attached hydrogens (tertiary/aromatic N) is 5. The van der Waals surface area contributed by atoms with Crippen LogP contribution >= 0.6 is 0 Å². The van der Waals surface area contributed by atoms with Gasteiger partial charge in [0.15, 0.2) is 11.6 Å². The summed E-state index contributed by atoms with van der Waals surface area (Å²) in [6, 6.07) is 0. The molecule has 1 atom stereocenters. The minimum atomic E-state index is 0.269. The van der Waals surface area contributed by atoms with E-state index in [0.29, 0.717) is 17.7 Å². The Bertz CT molecular complexity index is 661. The Hall–Kier alpha value is -1.76. The quantitative estimate of drug-likeness (QED) is 0.838. The molecule has 23 heavy (non-hydrogen) atoms. The second kappa shape index (κ2) is 6.03. The van der Waals surface area contributed by atoms with Crippen LogP contribution in [0.5, 0.6) is 0 Å². The highest BCUT2D eigenvalue weighted by molar-refractivity contribution is 5.05. The van der Waals surface area contributed by atoms with Gasteiger partial charge in [0.25, 0.3) is 0 Å². The molecule has 1 aliphatic carbocycles. The van der Waals surface area contributed by atoms with Crippen LogP contribution in [0.25, 0.3) is 0 Å². The lowest BCUT2D eigenvalue weighted by molar-refractivity contribution is 0.188. The van der Waals surface area contributed by atoms with E-state index >= 15 is 0 Å². The van der Waals surface area contributed by atoms with Crippen LogP contribution in [0.3, 0.4) is 0 Å². The SMILES string of the molecule is CC(C)c1nc(CN2CCC[C@@H](c3noc(C4CC4)n3)C2)no1. The summed E-state index contributed by atoms with van der Waals surface area (Å²) in [7, 11) is 0. The van der Waals surface area contributed by atoms with Crippen LogP contribution in [0.1, 0.15) is 80.7 Å². The highest BCUT2D eigenvalue weighted by atomic mass is 16.5. The minimum absolute atomic E-state index is 0.269. The van der Waals surface area contributed by atoms with Crippen LogP contribution in [0.2, 0.25) is 0 Å². The Morgan fingerprint density at radius 3 is 2.70 bits per heavy atom. The Morgan fingerprint density at radius 1 is 1.09 bits per heavy atom. The number of rotatable bonds is 5. The van der Waals surface area contributed by atoms with Crippen molar-refractivity contribution < 1.29 is 9.05 Å². The summed E-state index contributed by atoms with van der Waals surface area (Å²) >= 11 is 0. The van der Waals surface area contributed by atoms with Gasteiger partial charge in [-0.05, 0) is 32.2 Å². The zero-order chi connectivity index (χ0) is 15.8. The number of hydrogen-bond acceptors (Lipinski definition) is 7. The van der Waals surface area contributed by atoms with Gasteiger partial charge in [-0.15, -0.1) is 0 Å². The van der Waals surface area contributed by atoms with Crippen LogP contribution in [-0.4, -0.2) is 38.3 Å². The topological polar surface area (TPSA) is 81.1 Å². The first kappa shape index (κ1) is 14.8. The van der Waals surface area contributed by atoms with E-state index in [9.17, 15) is 0 Å². The van der Waals surface area contributed by atoms with E-state index in [-0.39, 0.29) is 5.92 Å². The van der Waals surface area contributed by atoms with E-state index in [4.69, 9.17) is 9.05 Å². The van der Waals surface area contributed by atoms with E-state index in [2.05, 4.69) is 39.0 Å². The molecule has 0 N–H and O–H groups in total. The van der Waals surface area contributed by atoms with Crippen LogP contribution in [-0.2, 0) is 6.54 Å². The lowest BCUT2D eigenvalue weighted by atomic mass is 9.97. The molecule has 0 radical (unpaired) electrons. The van der Waals surface area contributed by atoms with E-state index in [1.54, 1.807) is 0 Å². The van der Waals surface area contributed by atoms with Gasteiger partial charge >= 0.3 is 0 Å². The summed E-state index contributed by atoms with van der Waals surface area (Å²) in [5.41, 5.74) is 0. The molecule has 7 heteroatoms. The van der Waals surface area contributed by atoms with Gasteiger partial charge in [-0.2, -0.15) is 9.97 Å². The zero-order valence-corrected chi connectivity index (χ0v) is 13.7. The molecule has 1 saturated carbocycles. The van der Waals surface area contributed by atoms with E-state index in [1.165, 1.54) is 12.8 Å². The van der Waals surface area contributed by atoms with Gasteiger partial charge < -0.3 is 9.05 Å². The number of likely N-dealkylation sites (tertiary alicyclic amines) is 1. The van der Waals surface area contributed by atoms with Gasteiger partial charge in [0.05, 0.1) is 6.54 Å². The predicted molar refractivity (Wildman–Crippen MR) is 81.9 cm³/mol. The molecule has 2 fully saturated rings. The van der Waals surface area contributed by atoms with Gasteiger partial charge in [0.1, 0.15) is 0 Å². The normalized spacial score (nSPS) is 22.8. The first-order valence-electron chi connectivity index (χ1n) is 8.57. The van der Waals surface area contributed by atoms with Crippen molar-refractivity contribution in [2.45, 2.75) is 63.8 Å². The van der Waals surface area contributed by atoms with Gasteiger partial charge in [0, 0.05) is 24.3 Å². The maximum Gasteiger partial charge on any atom is 0.229 e. The molecule has 7 nitrogen and oxygen atoms in total. The summed E-state index contributed by atoms with van der Waals surface area (Å²) < 4.78 is 10.7. The third kappa shape index (κ3) is 3.29. The summed E-state index contributed by atoms with van der Waals surface area (Å²) in [6.45, 7) is 6.81. The molecule has 0 unspecified atom stereocenters. The first-order chi connectivity index (χ1) is 11.2. The average Bonchev–Trinajstić information content (AvgIpc) is 3.09. The smallest absolute Gasteiger partial charge is 0.229 e. The van der Waals surface area contributed by atoms with Gasteiger partial charge in [-0.1, -0.05) is 24.2 Å². The molecule has 0 bridgehead atoms. The molecule has 4 rings (SSSR count). The number of hydrogen-bond donors (Lipinski definition) is 0. The Kier molecular flexibility index (Phi) is 3.88. The van der Waals surface area contributed by atoms with Crippen LogP contribution in [0, 0.1) is 0 Å². The molecule has 2 aliphatic rings. The number of aromatic nitrogens is 4. The second-order valence-corrected chi connectivity index (χ2v) is 7.04. The molecule has 2 aromatic heterocycles. The fourth-order valence-electron chi connectivity index (χ4n) is 3.09. The average molecular weight is 317 g/mol. The van der Waals surface area contributed by atoms with Crippen molar-refractivity contribution >= 4 is 0 Å². The van der Waals surface area contributed by atoms with E-state index in [0.717, 1.165) is 50.0 Å². The highest BCUT2D eigenvalue weighted by Gasteiger charge is 2.32. The van der Waals surface area contributed by atoms with Crippen molar-refractivity contribution in [1.29, 1.82) is 0 Å². The summed E-state index contributed by atoms with van der Waals surface area (Å²) in [6.07, 6.45) is 4.62. The van der Waals surface area contributed by atoms with Gasteiger partial charge in [-0.3, -0.25) is 4.90 Å². The molecule has 0 spiro atoms. The Balaban J connectivity index is 1.39. The summed E-state index contributed by atoms with van der Waals surface area (Å²) in [4.78, 5) is 11.4. The molecule has 1 aliphatic heterocycles. The molecule has 0 amide bonds. The second-order valence-electron chi connectivity index (χ2n) is 7.04. The molecule has 3 heterocycles. The molecule has 124 valence electrons. The highest BCUT2D eigenvalue weighted by Crippen LogP contribution is 2.39. The van der Waals surface area contributed by atoms with Crippen LogP contribution in [0.15, 0.2) is 9.05 Å². The Labute approximate surface area is 135 Å². The van der Waals surface area contributed by atoms with Crippen molar-refractivity contribution in [2.24, 2.45) is 0 Å². The molecule has 1 saturated heterocycles. The van der Waals surface area contributed by atoms with E-state index in [1.807, 2.05) is 0 Å². The summed E-state index contributed by atoms with van der Waals surface area (Å²) in [5.74, 6) is 4.30. The lowest BCUT2D eigenvalue weighted by Crippen LogP contribution is -2.34. The first-order valence-corrected chi connectivity index (χ1v) is 8.57. The lowest BCUT2D eigenvalue weighted by Gasteiger charge is -2.30.